The SMILES string of the molecule is CC(C)n1ccnc1C1CCN(c2cc(N3CCC(O)CC3)ncn2)CC1. The number of hydrogen-bond donors (Lipinski definition) is 1. The van der Waals surface area contributed by atoms with Gasteiger partial charge < -0.3 is 19.5 Å². The van der Waals surface area contributed by atoms with E-state index in [1.165, 1.54) is 5.82 Å². The number of hydrogen-bond acceptors (Lipinski definition) is 6. The van der Waals surface area contributed by atoms with Gasteiger partial charge in [0.25, 0.3) is 0 Å². The second kappa shape index (κ2) is 7.84. The second-order valence-corrected chi connectivity index (χ2v) is 8.00. The molecule has 146 valence electrons. The molecule has 27 heavy (non-hydrogen) atoms. The number of aliphatic hydroxyl groups excluding tert-OH is 1. The Hall–Kier alpha value is -2.15. The first-order valence-electron chi connectivity index (χ1n) is 10.1. The second-order valence-electron chi connectivity index (χ2n) is 8.00. The standard InChI is InChI=1S/C20H30N6O/c1-15(2)26-12-7-21-20(26)16-3-8-24(9-4-16)18-13-19(23-14-22-18)25-10-5-17(27)6-11-25/h7,12-17,27H,3-6,8-11H2,1-2H3. The third kappa shape index (κ3) is 3.93. The maximum absolute atomic E-state index is 9.71. The number of aliphatic hydroxyl groups is 1. The Balaban J connectivity index is 1.41. The Morgan fingerprint density at radius 1 is 0.926 bits per heavy atom. The minimum Gasteiger partial charge on any atom is -0.393 e. The average molecular weight is 371 g/mol. The Kier molecular flexibility index (Phi) is 5.29. The van der Waals surface area contributed by atoms with E-state index in [1.807, 2.05) is 6.20 Å². The lowest BCUT2D eigenvalue weighted by Crippen LogP contribution is -2.37. The van der Waals surface area contributed by atoms with Gasteiger partial charge in [-0.05, 0) is 39.5 Å². The highest BCUT2D eigenvalue weighted by molar-refractivity contribution is 5.50. The van der Waals surface area contributed by atoms with Crippen molar-refractivity contribution >= 4 is 11.6 Å². The van der Waals surface area contributed by atoms with E-state index >= 15 is 0 Å². The molecule has 2 aromatic rings. The summed E-state index contributed by atoms with van der Waals surface area (Å²) >= 11 is 0. The molecule has 4 rings (SSSR count). The Morgan fingerprint density at radius 2 is 1.52 bits per heavy atom. The largest absolute Gasteiger partial charge is 0.393 e. The van der Waals surface area contributed by atoms with Gasteiger partial charge in [0.1, 0.15) is 23.8 Å². The van der Waals surface area contributed by atoms with E-state index in [0.29, 0.717) is 12.0 Å². The first-order valence-corrected chi connectivity index (χ1v) is 10.1. The molecule has 0 radical (unpaired) electrons. The normalized spacial score (nSPS) is 19.9. The van der Waals surface area contributed by atoms with Gasteiger partial charge in [0.15, 0.2) is 0 Å². The third-order valence-corrected chi connectivity index (χ3v) is 5.87. The van der Waals surface area contributed by atoms with Crippen LogP contribution >= 0.6 is 0 Å². The van der Waals surface area contributed by atoms with Gasteiger partial charge in [0.2, 0.25) is 0 Å². The molecule has 2 aromatic heterocycles. The zero-order chi connectivity index (χ0) is 18.8. The van der Waals surface area contributed by atoms with Gasteiger partial charge in [0, 0.05) is 56.6 Å². The number of nitrogens with zero attached hydrogens (tertiary/aromatic N) is 6. The molecule has 0 aliphatic carbocycles. The first-order chi connectivity index (χ1) is 13.1. The number of rotatable bonds is 4. The molecule has 0 saturated carbocycles. The fraction of sp³-hybridized carbons (Fsp3) is 0.650. The van der Waals surface area contributed by atoms with Crippen LogP contribution < -0.4 is 9.80 Å². The quantitative estimate of drug-likeness (QED) is 0.892. The summed E-state index contributed by atoms with van der Waals surface area (Å²) in [4.78, 5) is 18.2. The van der Waals surface area contributed by atoms with Crippen LogP contribution in [0.2, 0.25) is 0 Å². The highest BCUT2D eigenvalue weighted by atomic mass is 16.3. The number of anilines is 2. The molecule has 7 nitrogen and oxygen atoms in total. The van der Waals surface area contributed by atoms with Gasteiger partial charge in [-0.3, -0.25) is 0 Å². The van der Waals surface area contributed by atoms with Crippen LogP contribution in [0.4, 0.5) is 11.6 Å². The van der Waals surface area contributed by atoms with Crippen molar-refractivity contribution in [3.8, 4) is 0 Å². The molecule has 0 bridgehead atoms. The zero-order valence-electron chi connectivity index (χ0n) is 16.3. The summed E-state index contributed by atoms with van der Waals surface area (Å²) in [5, 5.41) is 9.71. The Labute approximate surface area is 161 Å². The van der Waals surface area contributed by atoms with E-state index in [9.17, 15) is 5.11 Å². The topological polar surface area (TPSA) is 70.3 Å². The predicted octanol–water partition coefficient (Wildman–Crippen LogP) is 2.60. The molecule has 0 unspecified atom stereocenters. The average Bonchev–Trinajstić information content (AvgIpc) is 3.19. The summed E-state index contributed by atoms with van der Waals surface area (Å²) in [7, 11) is 0. The van der Waals surface area contributed by atoms with E-state index < -0.39 is 0 Å². The lowest BCUT2D eigenvalue weighted by molar-refractivity contribution is 0.145. The van der Waals surface area contributed by atoms with Crippen LogP contribution in [0.3, 0.4) is 0 Å². The highest BCUT2D eigenvalue weighted by Gasteiger charge is 2.26. The molecule has 1 N–H and O–H groups in total. The van der Waals surface area contributed by atoms with Crippen LogP contribution in [0.5, 0.6) is 0 Å². The molecular formula is C20H30N6O. The molecule has 7 heteroatoms. The Bertz CT molecular complexity index is 744. The lowest BCUT2D eigenvalue weighted by Gasteiger charge is -2.34. The number of imidazole rings is 1. The van der Waals surface area contributed by atoms with Gasteiger partial charge in [-0.1, -0.05) is 0 Å². The first kappa shape index (κ1) is 18.2. The maximum atomic E-state index is 9.71. The monoisotopic (exact) mass is 370 g/mol. The Morgan fingerprint density at radius 3 is 2.11 bits per heavy atom. The van der Waals surface area contributed by atoms with E-state index in [0.717, 1.165) is 63.5 Å². The molecule has 2 aliphatic rings. The summed E-state index contributed by atoms with van der Waals surface area (Å²) in [5.41, 5.74) is 0. The molecular weight excluding hydrogens is 340 g/mol. The van der Waals surface area contributed by atoms with Crippen LogP contribution in [-0.2, 0) is 0 Å². The van der Waals surface area contributed by atoms with Crippen LogP contribution in [0, 0.1) is 0 Å². The number of piperidine rings is 2. The summed E-state index contributed by atoms with van der Waals surface area (Å²) < 4.78 is 2.30. The zero-order valence-corrected chi connectivity index (χ0v) is 16.3. The summed E-state index contributed by atoms with van der Waals surface area (Å²) in [6, 6.07) is 2.56. The van der Waals surface area contributed by atoms with Gasteiger partial charge >= 0.3 is 0 Å². The molecule has 2 aliphatic heterocycles. The van der Waals surface area contributed by atoms with E-state index in [1.54, 1.807) is 6.33 Å². The molecule has 0 aromatic carbocycles. The third-order valence-electron chi connectivity index (χ3n) is 5.87. The fourth-order valence-corrected chi connectivity index (χ4v) is 4.22. The van der Waals surface area contributed by atoms with Crippen molar-refractivity contribution in [2.75, 3.05) is 36.0 Å². The van der Waals surface area contributed by atoms with Crippen molar-refractivity contribution in [3.05, 3.63) is 30.6 Å². The van der Waals surface area contributed by atoms with Crippen LogP contribution in [0.25, 0.3) is 0 Å². The summed E-state index contributed by atoms with van der Waals surface area (Å²) in [5.74, 6) is 3.73. The smallest absolute Gasteiger partial charge is 0.134 e. The van der Waals surface area contributed by atoms with Crippen LogP contribution in [0.15, 0.2) is 24.8 Å². The lowest BCUT2D eigenvalue weighted by atomic mass is 9.95. The minimum atomic E-state index is -0.167. The van der Waals surface area contributed by atoms with Crippen molar-refractivity contribution in [1.29, 1.82) is 0 Å². The molecule has 0 amide bonds. The minimum absolute atomic E-state index is 0.167. The van der Waals surface area contributed by atoms with E-state index in [4.69, 9.17) is 0 Å². The molecule has 2 saturated heterocycles. The number of aromatic nitrogens is 4. The molecule has 4 heterocycles. The van der Waals surface area contributed by atoms with Crippen molar-refractivity contribution in [2.24, 2.45) is 0 Å². The molecule has 0 spiro atoms. The van der Waals surface area contributed by atoms with Crippen molar-refractivity contribution in [3.63, 3.8) is 0 Å². The summed E-state index contributed by atoms with van der Waals surface area (Å²) in [6.45, 7) is 8.12. The van der Waals surface area contributed by atoms with Crippen LogP contribution in [-0.4, -0.2) is 56.9 Å². The highest BCUT2D eigenvalue weighted by Crippen LogP contribution is 2.31. The maximum Gasteiger partial charge on any atom is 0.134 e. The van der Waals surface area contributed by atoms with Gasteiger partial charge in [-0.15, -0.1) is 0 Å². The molecule has 2 fully saturated rings. The molecule has 0 atom stereocenters. The van der Waals surface area contributed by atoms with Crippen molar-refractivity contribution < 1.29 is 5.11 Å². The van der Waals surface area contributed by atoms with Gasteiger partial charge in [0.05, 0.1) is 6.10 Å². The van der Waals surface area contributed by atoms with E-state index in [-0.39, 0.29) is 6.10 Å². The fourth-order valence-electron chi connectivity index (χ4n) is 4.22. The van der Waals surface area contributed by atoms with E-state index in [2.05, 4.69) is 55.4 Å². The van der Waals surface area contributed by atoms with Crippen molar-refractivity contribution in [2.45, 2.75) is 57.6 Å². The van der Waals surface area contributed by atoms with Gasteiger partial charge in [-0.25, -0.2) is 15.0 Å². The van der Waals surface area contributed by atoms with Gasteiger partial charge in [-0.2, -0.15) is 0 Å². The van der Waals surface area contributed by atoms with Crippen molar-refractivity contribution in [1.82, 2.24) is 19.5 Å². The van der Waals surface area contributed by atoms with Crippen LogP contribution in [0.1, 0.15) is 57.3 Å². The predicted molar refractivity (Wildman–Crippen MR) is 106 cm³/mol. The summed E-state index contributed by atoms with van der Waals surface area (Å²) in [6.07, 6.45) is 9.35.